The lowest BCUT2D eigenvalue weighted by molar-refractivity contribution is -0.351. The molecule has 0 aliphatic carbocycles. The lowest BCUT2D eigenvalue weighted by Crippen LogP contribution is -2.69. The predicted octanol–water partition coefficient (Wildman–Crippen LogP) is -8.08. The number of aliphatic hydroxyl groups excluding tert-OH is 10. The van der Waals surface area contributed by atoms with Gasteiger partial charge in [0.05, 0.1) is 32.0 Å². The van der Waals surface area contributed by atoms with Crippen LogP contribution in [-0.2, 0) is 38.1 Å². The van der Waals surface area contributed by atoms with Gasteiger partial charge >= 0.3 is 5.97 Å². The van der Waals surface area contributed by atoms with Crippen LogP contribution in [0.25, 0.3) is 0 Å². The second-order valence-corrected chi connectivity index (χ2v) is 11.3. The van der Waals surface area contributed by atoms with Gasteiger partial charge in [0.1, 0.15) is 67.1 Å². The van der Waals surface area contributed by atoms with Gasteiger partial charge in [0, 0.05) is 20.3 Å². The molecule has 16 atom stereocenters. The highest BCUT2D eigenvalue weighted by Gasteiger charge is 2.57. The molecule has 2 amide bonds. The fourth-order valence-electron chi connectivity index (χ4n) is 5.45. The number of carbonyl (C=O) groups is 3. The molecule has 3 aliphatic heterocycles. The number of amides is 2. The monoisotopic (exact) mass is 674 g/mol. The molecule has 0 aromatic heterocycles. The molecule has 0 spiro atoms. The highest BCUT2D eigenvalue weighted by molar-refractivity contribution is 5.76. The summed E-state index contributed by atoms with van der Waals surface area (Å²) in [7, 11) is 0. The van der Waals surface area contributed by atoms with Crippen LogP contribution in [0.4, 0.5) is 0 Å². The van der Waals surface area contributed by atoms with Gasteiger partial charge in [-0.2, -0.15) is 0 Å². The molecule has 0 unspecified atom stereocenters. The van der Waals surface area contributed by atoms with E-state index in [4.69, 9.17) is 23.7 Å². The number of hydrogen-bond acceptors (Lipinski definition) is 18. The van der Waals surface area contributed by atoms with Crippen molar-refractivity contribution in [3.8, 4) is 0 Å². The summed E-state index contributed by atoms with van der Waals surface area (Å²) in [5.41, 5.74) is 0. The molecule has 266 valence electrons. The number of carboxylic acids is 1. The van der Waals surface area contributed by atoms with E-state index in [1.54, 1.807) is 0 Å². The van der Waals surface area contributed by atoms with E-state index >= 15 is 0 Å². The minimum absolute atomic E-state index is 0.723. The third-order valence-electron chi connectivity index (χ3n) is 7.87. The highest BCUT2D eigenvalue weighted by Crippen LogP contribution is 2.35. The summed E-state index contributed by atoms with van der Waals surface area (Å²) in [5.74, 6) is -6.18. The maximum absolute atomic E-state index is 12.5. The fraction of sp³-hybridized carbons (Fsp3) is 0.880. The minimum Gasteiger partial charge on any atom is -0.477 e. The van der Waals surface area contributed by atoms with Crippen molar-refractivity contribution in [1.82, 2.24) is 10.6 Å². The molecule has 3 aliphatic rings. The molecule has 0 saturated carbocycles. The Balaban J connectivity index is 1.87. The summed E-state index contributed by atoms with van der Waals surface area (Å²) in [6.45, 7) is -0.705. The number of aliphatic carboxylic acids is 1. The summed E-state index contributed by atoms with van der Waals surface area (Å²) in [6.07, 6.45) is -24.8. The van der Waals surface area contributed by atoms with Gasteiger partial charge in [0.2, 0.25) is 11.8 Å². The van der Waals surface area contributed by atoms with Crippen molar-refractivity contribution in [1.29, 1.82) is 0 Å². The van der Waals surface area contributed by atoms with Crippen LogP contribution in [-0.4, -0.2) is 191 Å². The van der Waals surface area contributed by atoms with Crippen LogP contribution in [0.3, 0.4) is 0 Å². The third kappa shape index (κ3) is 8.26. The zero-order valence-electron chi connectivity index (χ0n) is 24.7. The minimum atomic E-state index is -2.84. The number of rotatable bonds is 12. The summed E-state index contributed by atoms with van der Waals surface area (Å²) < 4.78 is 27.2. The van der Waals surface area contributed by atoms with Crippen LogP contribution in [0.1, 0.15) is 20.3 Å². The average Bonchev–Trinajstić information content (AvgIpc) is 2.99. The maximum Gasteiger partial charge on any atom is 0.364 e. The predicted molar refractivity (Wildman–Crippen MR) is 142 cm³/mol. The Labute approximate surface area is 260 Å². The van der Waals surface area contributed by atoms with Crippen molar-refractivity contribution in [3.63, 3.8) is 0 Å². The number of ether oxygens (including phenoxy) is 5. The number of nitrogens with one attached hydrogen (secondary N) is 2. The summed E-state index contributed by atoms with van der Waals surface area (Å²) in [4.78, 5) is 36.0. The Morgan fingerprint density at radius 2 is 1.48 bits per heavy atom. The largest absolute Gasteiger partial charge is 0.477 e. The molecule has 3 heterocycles. The number of hydrogen-bond donors (Lipinski definition) is 13. The molecule has 0 aromatic rings. The van der Waals surface area contributed by atoms with Crippen LogP contribution in [0, 0.1) is 0 Å². The van der Waals surface area contributed by atoms with E-state index in [1.165, 1.54) is 0 Å². The number of carboxylic acid groups (broad SMARTS) is 1. The quantitative estimate of drug-likeness (QED) is 0.0913. The first-order chi connectivity index (χ1) is 21.5. The summed E-state index contributed by atoms with van der Waals surface area (Å²) in [5, 5.41) is 117. The van der Waals surface area contributed by atoms with E-state index in [2.05, 4.69) is 10.6 Å². The van der Waals surface area contributed by atoms with E-state index in [0.29, 0.717) is 0 Å². The molecule has 21 heteroatoms. The van der Waals surface area contributed by atoms with Gasteiger partial charge in [0.25, 0.3) is 5.79 Å². The van der Waals surface area contributed by atoms with Crippen LogP contribution in [0.2, 0.25) is 0 Å². The smallest absolute Gasteiger partial charge is 0.364 e. The Hall–Kier alpha value is -2.19. The van der Waals surface area contributed by atoms with Crippen LogP contribution >= 0.6 is 0 Å². The van der Waals surface area contributed by atoms with Crippen LogP contribution in [0.5, 0.6) is 0 Å². The van der Waals surface area contributed by atoms with Gasteiger partial charge in [0.15, 0.2) is 12.6 Å². The number of aliphatic hydroxyl groups is 10. The lowest BCUT2D eigenvalue weighted by Gasteiger charge is -2.48. The maximum atomic E-state index is 12.5. The van der Waals surface area contributed by atoms with Crippen LogP contribution in [0.15, 0.2) is 0 Å². The van der Waals surface area contributed by atoms with Gasteiger partial charge < -0.3 is 90.5 Å². The number of carbonyl (C=O) groups excluding carboxylic acids is 2. The molecule has 3 fully saturated rings. The third-order valence-corrected chi connectivity index (χ3v) is 7.87. The van der Waals surface area contributed by atoms with Gasteiger partial charge in [-0.05, 0) is 0 Å². The molecule has 0 aromatic carbocycles. The summed E-state index contributed by atoms with van der Waals surface area (Å²) >= 11 is 0. The van der Waals surface area contributed by atoms with Crippen molar-refractivity contribution in [2.45, 2.75) is 118 Å². The van der Waals surface area contributed by atoms with Crippen molar-refractivity contribution in [2.75, 3.05) is 19.8 Å². The normalized spacial score (nSPS) is 42.9. The van der Waals surface area contributed by atoms with Crippen molar-refractivity contribution >= 4 is 17.8 Å². The zero-order chi connectivity index (χ0) is 34.7. The Bertz CT molecular complexity index is 1050. The second-order valence-electron chi connectivity index (χ2n) is 11.3. The molecule has 3 rings (SSSR count). The lowest BCUT2D eigenvalue weighted by atomic mass is 9.88. The van der Waals surface area contributed by atoms with E-state index in [1.807, 2.05) is 0 Å². The van der Waals surface area contributed by atoms with E-state index in [9.17, 15) is 70.6 Å². The molecule has 46 heavy (non-hydrogen) atoms. The average molecular weight is 675 g/mol. The van der Waals surface area contributed by atoms with Crippen molar-refractivity contribution in [3.05, 3.63) is 0 Å². The molecule has 0 radical (unpaired) electrons. The van der Waals surface area contributed by atoms with E-state index < -0.39 is 142 Å². The molecule has 21 nitrogen and oxygen atoms in total. The van der Waals surface area contributed by atoms with E-state index in [0.717, 1.165) is 13.8 Å². The molecule has 13 N–H and O–H groups in total. The zero-order valence-corrected chi connectivity index (χ0v) is 24.7. The Morgan fingerprint density at radius 3 is 2.02 bits per heavy atom. The van der Waals surface area contributed by atoms with Crippen molar-refractivity contribution in [2.24, 2.45) is 0 Å². The van der Waals surface area contributed by atoms with E-state index in [-0.39, 0.29) is 0 Å². The van der Waals surface area contributed by atoms with Gasteiger partial charge in [-0.25, -0.2) is 4.79 Å². The van der Waals surface area contributed by atoms with Gasteiger partial charge in [-0.3, -0.25) is 9.59 Å². The first kappa shape index (κ1) is 38.3. The summed E-state index contributed by atoms with van der Waals surface area (Å²) in [6, 6.07) is -3.06. The first-order valence-corrected chi connectivity index (χ1v) is 14.2. The first-order valence-electron chi connectivity index (χ1n) is 14.2. The second kappa shape index (κ2) is 15.8. The standard InChI is InChI=1S/C25H42N2O19/c1-7(30)26-13-9(32)3-25(24(40)41,46-21(13)15(34)10(33)4-28)42-6-12-17(36)20(14(22(39)43-12)27-8(2)31)45-23-19(38)18(37)16(35)11(5-29)44-23/h9-23,28-29,32-39H,3-6H2,1-2H3,(H,26,30)(H,27,31)(H,40,41)/t9-,10-,11+,12+,13-,14+,15-,16+,17+,18+,19+,20-,21-,22-,23+,25-/m0/s1. The SMILES string of the molecule is CC(=O)N[C@@H]1[C@@H]([C@@H](O)[C@@H](O)CO)O[C@](OC[C@H]2O[C@H](O)[C@H](NC(C)=O)[C@H](O[C@H]3O[C@H](CO)[C@@H](O)[C@@H](O)[C@H]3O)[C@@H]2O)(C(=O)O)C[C@@H]1O. The van der Waals surface area contributed by atoms with Gasteiger partial charge in [-0.15, -0.1) is 0 Å². The highest BCUT2D eigenvalue weighted by atomic mass is 16.7. The Morgan fingerprint density at radius 1 is 0.870 bits per heavy atom. The topological polar surface area (TPSA) is 344 Å². The van der Waals surface area contributed by atoms with Gasteiger partial charge in [-0.1, -0.05) is 0 Å². The van der Waals surface area contributed by atoms with Crippen molar-refractivity contribution < 1.29 is 94.2 Å². The fourth-order valence-corrected chi connectivity index (χ4v) is 5.45. The molecule has 0 bridgehead atoms. The van der Waals surface area contributed by atoms with Crippen LogP contribution < -0.4 is 10.6 Å². The molecular formula is C25H42N2O19. The molecular weight excluding hydrogens is 632 g/mol. The molecule has 3 saturated heterocycles. The Kier molecular flexibility index (Phi) is 13.1.